The predicted molar refractivity (Wildman–Crippen MR) is 117 cm³/mol. The molecule has 0 aliphatic rings. The molecular weight excluding hydrogens is 324 g/mol. The molecule has 0 bridgehead atoms. The second-order valence-corrected chi connectivity index (χ2v) is 6.85. The molecule has 0 fully saturated rings. The Morgan fingerprint density at radius 1 is 0.519 bits per heavy atom. The summed E-state index contributed by atoms with van der Waals surface area (Å²) in [5, 5.41) is 0. The highest BCUT2D eigenvalue weighted by atomic mass is 14.1. The van der Waals surface area contributed by atoms with Crippen LogP contribution in [0.15, 0.2) is 110 Å². The molecule has 4 rings (SSSR count). The van der Waals surface area contributed by atoms with Crippen LogP contribution in [0.5, 0.6) is 0 Å². The van der Waals surface area contributed by atoms with Gasteiger partial charge in [0.15, 0.2) is 0 Å². The Morgan fingerprint density at radius 2 is 1.04 bits per heavy atom. The third-order valence-electron chi connectivity index (χ3n) is 4.89. The van der Waals surface area contributed by atoms with E-state index in [-0.39, 0.29) is 0 Å². The smallest absolute Gasteiger partial charge is 0.0109 e. The van der Waals surface area contributed by atoms with E-state index in [9.17, 15) is 0 Å². The molecule has 0 amide bonds. The maximum absolute atomic E-state index is 4.12. The van der Waals surface area contributed by atoms with Crippen LogP contribution in [0, 0.1) is 0 Å². The minimum Gasteiger partial charge on any atom is -0.0955 e. The normalized spacial score (nSPS) is 10.6. The van der Waals surface area contributed by atoms with Crippen molar-refractivity contribution < 1.29 is 0 Å². The molecule has 0 radical (unpaired) electrons. The molecule has 0 heterocycles. The standard InChI is InChI=1S/C27H22/c1-20(2)26-13-6-7-14-27(26)23-17-15-22(16-18-23)25-12-8-11-24(19-25)21-9-4-3-5-10-21/h3-19H,1H2,2H3. The summed E-state index contributed by atoms with van der Waals surface area (Å²) in [4.78, 5) is 0. The molecule has 0 heteroatoms. The molecule has 0 saturated carbocycles. The number of benzene rings is 4. The zero-order valence-corrected chi connectivity index (χ0v) is 15.5. The molecular formula is C27H22. The van der Waals surface area contributed by atoms with Crippen LogP contribution in [0.2, 0.25) is 0 Å². The van der Waals surface area contributed by atoms with Crippen LogP contribution in [0.4, 0.5) is 0 Å². The van der Waals surface area contributed by atoms with Gasteiger partial charge in [0.25, 0.3) is 0 Å². The van der Waals surface area contributed by atoms with Crippen molar-refractivity contribution in [2.24, 2.45) is 0 Å². The molecule has 0 N–H and O–H groups in total. The molecule has 0 aliphatic carbocycles. The molecule has 0 aliphatic heterocycles. The monoisotopic (exact) mass is 346 g/mol. The first-order chi connectivity index (χ1) is 13.2. The van der Waals surface area contributed by atoms with E-state index < -0.39 is 0 Å². The fourth-order valence-corrected chi connectivity index (χ4v) is 3.46. The maximum atomic E-state index is 4.12. The summed E-state index contributed by atoms with van der Waals surface area (Å²) in [5.41, 5.74) is 9.68. The number of rotatable bonds is 4. The first kappa shape index (κ1) is 17.1. The molecule has 27 heavy (non-hydrogen) atoms. The van der Waals surface area contributed by atoms with Crippen LogP contribution in [0.25, 0.3) is 39.0 Å². The lowest BCUT2D eigenvalue weighted by atomic mass is 9.94. The highest BCUT2D eigenvalue weighted by Crippen LogP contribution is 2.31. The fourth-order valence-electron chi connectivity index (χ4n) is 3.46. The van der Waals surface area contributed by atoms with Crippen molar-refractivity contribution in [3.63, 3.8) is 0 Å². The van der Waals surface area contributed by atoms with Crippen molar-refractivity contribution in [3.05, 3.63) is 115 Å². The lowest BCUT2D eigenvalue weighted by molar-refractivity contribution is 1.54. The molecule has 0 aromatic heterocycles. The van der Waals surface area contributed by atoms with Crippen LogP contribution in [0.3, 0.4) is 0 Å². The van der Waals surface area contributed by atoms with Gasteiger partial charge in [-0.3, -0.25) is 0 Å². The number of hydrogen-bond donors (Lipinski definition) is 0. The lowest BCUT2D eigenvalue weighted by Gasteiger charge is -2.11. The first-order valence-electron chi connectivity index (χ1n) is 9.23. The van der Waals surface area contributed by atoms with Gasteiger partial charge in [-0.15, -0.1) is 0 Å². The first-order valence-corrected chi connectivity index (χ1v) is 9.23. The molecule has 0 unspecified atom stereocenters. The quantitative estimate of drug-likeness (QED) is 0.355. The van der Waals surface area contributed by atoms with Gasteiger partial charge in [0.05, 0.1) is 0 Å². The van der Waals surface area contributed by atoms with Gasteiger partial charge in [-0.05, 0) is 51.9 Å². The Hall–Kier alpha value is -3.38. The SMILES string of the molecule is C=C(C)c1ccccc1-c1ccc(-c2cccc(-c3ccccc3)c2)cc1. The topological polar surface area (TPSA) is 0 Å². The van der Waals surface area contributed by atoms with E-state index in [1.165, 1.54) is 38.9 Å². The Morgan fingerprint density at radius 3 is 1.70 bits per heavy atom. The van der Waals surface area contributed by atoms with Crippen molar-refractivity contribution in [2.75, 3.05) is 0 Å². The third kappa shape index (κ3) is 3.61. The molecule has 0 nitrogen and oxygen atoms in total. The summed E-state index contributed by atoms with van der Waals surface area (Å²) in [6.07, 6.45) is 0. The highest BCUT2D eigenvalue weighted by molar-refractivity contribution is 5.81. The average molecular weight is 346 g/mol. The van der Waals surface area contributed by atoms with Gasteiger partial charge in [0.1, 0.15) is 0 Å². The molecule has 4 aromatic carbocycles. The van der Waals surface area contributed by atoms with Gasteiger partial charge in [-0.2, -0.15) is 0 Å². The summed E-state index contributed by atoms with van der Waals surface area (Å²) in [6, 6.07) is 36.5. The largest absolute Gasteiger partial charge is 0.0955 e. The Kier molecular flexibility index (Phi) is 4.72. The van der Waals surface area contributed by atoms with E-state index in [2.05, 4.69) is 117 Å². The van der Waals surface area contributed by atoms with E-state index in [4.69, 9.17) is 0 Å². The Labute approximate surface area is 161 Å². The van der Waals surface area contributed by atoms with E-state index in [1.807, 2.05) is 0 Å². The lowest BCUT2D eigenvalue weighted by Crippen LogP contribution is -1.87. The zero-order valence-electron chi connectivity index (χ0n) is 15.5. The van der Waals surface area contributed by atoms with Crippen molar-refractivity contribution in [2.45, 2.75) is 6.92 Å². The minimum absolute atomic E-state index is 1.09. The Balaban J connectivity index is 1.69. The van der Waals surface area contributed by atoms with E-state index in [0.29, 0.717) is 0 Å². The van der Waals surface area contributed by atoms with Gasteiger partial charge in [-0.25, -0.2) is 0 Å². The molecule has 130 valence electrons. The van der Waals surface area contributed by atoms with Gasteiger partial charge in [0, 0.05) is 0 Å². The van der Waals surface area contributed by atoms with Crippen molar-refractivity contribution in [3.8, 4) is 33.4 Å². The summed E-state index contributed by atoms with van der Waals surface area (Å²) < 4.78 is 0. The van der Waals surface area contributed by atoms with E-state index in [1.54, 1.807) is 0 Å². The minimum atomic E-state index is 1.09. The second kappa shape index (κ2) is 7.47. The average Bonchev–Trinajstić information content (AvgIpc) is 2.74. The highest BCUT2D eigenvalue weighted by Gasteiger charge is 2.06. The fraction of sp³-hybridized carbons (Fsp3) is 0.0370. The second-order valence-electron chi connectivity index (χ2n) is 6.85. The molecule has 4 aromatic rings. The van der Waals surface area contributed by atoms with Crippen LogP contribution >= 0.6 is 0 Å². The van der Waals surface area contributed by atoms with Crippen LogP contribution in [-0.4, -0.2) is 0 Å². The Bertz CT molecular complexity index is 1070. The number of hydrogen-bond acceptors (Lipinski definition) is 0. The number of allylic oxidation sites excluding steroid dienone is 1. The summed E-state index contributed by atoms with van der Waals surface area (Å²) in [7, 11) is 0. The molecule has 0 saturated heterocycles. The van der Waals surface area contributed by atoms with Crippen molar-refractivity contribution in [1.29, 1.82) is 0 Å². The predicted octanol–water partition coefficient (Wildman–Crippen LogP) is 7.72. The van der Waals surface area contributed by atoms with Gasteiger partial charge < -0.3 is 0 Å². The van der Waals surface area contributed by atoms with Gasteiger partial charge in [0.2, 0.25) is 0 Å². The summed E-state index contributed by atoms with van der Waals surface area (Å²) in [6.45, 7) is 6.17. The van der Waals surface area contributed by atoms with E-state index >= 15 is 0 Å². The zero-order chi connectivity index (χ0) is 18.6. The molecule has 0 spiro atoms. The van der Waals surface area contributed by atoms with Gasteiger partial charge >= 0.3 is 0 Å². The maximum Gasteiger partial charge on any atom is -0.0109 e. The van der Waals surface area contributed by atoms with Gasteiger partial charge in [-0.1, -0.05) is 109 Å². The van der Waals surface area contributed by atoms with Crippen LogP contribution in [-0.2, 0) is 0 Å². The van der Waals surface area contributed by atoms with Crippen molar-refractivity contribution >= 4 is 5.57 Å². The van der Waals surface area contributed by atoms with Crippen molar-refractivity contribution in [1.82, 2.24) is 0 Å². The summed E-state index contributed by atoms with van der Waals surface area (Å²) >= 11 is 0. The van der Waals surface area contributed by atoms with Crippen LogP contribution < -0.4 is 0 Å². The van der Waals surface area contributed by atoms with E-state index in [0.717, 1.165) is 5.57 Å². The third-order valence-corrected chi connectivity index (χ3v) is 4.89. The van der Waals surface area contributed by atoms with Crippen LogP contribution in [0.1, 0.15) is 12.5 Å². The summed E-state index contributed by atoms with van der Waals surface area (Å²) in [5.74, 6) is 0. The molecule has 0 atom stereocenters.